The molecule has 1 unspecified atom stereocenters. The van der Waals surface area contributed by atoms with Gasteiger partial charge in [-0.25, -0.2) is 0 Å². The molecule has 1 heterocycles. The molecule has 0 aromatic heterocycles. The zero-order valence-electron chi connectivity index (χ0n) is 12.0. The van der Waals surface area contributed by atoms with Gasteiger partial charge in [-0.2, -0.15) is 0 Å². The van der Waals surface area contributed by atoms with Crippen LogP contribution in [0.1, 0.15) is 37.3 Å². The van der Waals surface area contributed by atoms with Crippen molar-refractivity contribution >= 4 is 5.69 Å². The Bertz CT molecular complexity index is 387. The maximum Gasteiger partial charge on any atom is 0.0396 e. The van der Waals surface area contributed by atoms with Crippen molar-refractivity contribution in [1.29, 1.82) is 0 Å². The fourth-order valence-corrected chi connectivity index (χ4v) is 2.92. The summed E-state index contributed by atoms with van der Waals surface area (Å²) in [6, 6.07) is 7.47. The predicted octanol–water partition coefficient (Wildman–Crippen LogP) is 3.27. The molecule has 0 aliphatic carbocycles. The van der Waals surface area contributed by atoms with Crippen LogP contribution in [0.15, 0.2) is 18.2 Å². The van der Waals surface area contributed by atoms with Crippen LogP contribution in [-0.2, 0) is 0 Å². The average molecular weight is 246 g/mol. The molecule has 0 radical (unpaired) electrons. The molecule has 1 atom stereocenters. The third-order valence-corrected chi connectivity index (χ3v) is 3.81. The molecule has 2 nitrogen and oxygen atoms in total. The average Bonchev–Trinajstić information content (AvgIpc) is 2.55. The van der Waals surface area contributed by atoms with E-state index in [-0.39, 0.29) is 0 Å². The summed E-state index contributed by atoms with van der Waals surface area (Å²) < 4.78 is 0. The van der Waals surface area contributed by atoms with Crippen LogP contribution >= 0.6 is 0 Å². The molecule has 0 amide bonds. The Hall–Kier alpha value is -1.02. The van der Waals surface area contributed by atoms with Gasteiger partial charge in [0.15, 0.2) is 0 Å². The molecule has 1 aliphatic heterocycles. The van der Waals surface area contributed by atoms with Crippen molar-refractivity contribution in [3.05, 3.63) is 29.3 Å². The second-order valence-corrected chi connectivity index (χ2v) is 5.53. The lowest BCUT2D eigenvalue weighted by Gasteiger charge is -2.28. The Labute approximate surface area is 111 Å². The van der Waals surface area contributed by atoms with Crippen molar-refractivity contribution < 1.29 is 0 Å². The number of hydrogen-bond acceptors (Lipinski definition) is 2. The van der Waals surface area contributed by atoms with Crippen LogP contribution in [0.5, 0.6) is 0 Å². The predicted molar refractivity (Wildman–Crippen MR) is 79.4 cm³/mol. The molecule has 2 rings (SSSR count). The van der Waals surface area contributed by atoms with Crippen LogP contribution in [0.2, 0.25) is 0 Å². The molecule has 1 saturated heterocycles. The smallest absolute Gasteiger partial charge is 0.0396 e. The van der Waals surface area contributed by atoms with E-state index >= 15 is 0 Å². The fourth-order valence-electron chi connectivity index (χ4n) is 2.92. The van der Waals surface area contributed by atoms with Crippen molar-refractivity contribution in [2.24, 2.45) is 0 Å². The van der Waals surface area contributed by atoms with Crippen molar-refractivity contribution in [1.82, 2.24) is 5.32 Å². The summed E-state index contributed by atoms with van der Waals surface area (Å²) in [5, 5.41) is 3.67. The van der Waals surface area contributed by atoms with E-state index in [4.69, 9.17) is 0 Å². The first-order valence-electron chi connectivity index (χ1n) is 7.26. The first-order valence-corrected chi connectivity index (χ1v) is 7.26. The van der Waals surface area contributed by atoms with Gasteiger partial charge < -0.3 is 10.2 Å². The Morgan fingerprint density at radius 2 is 2.17 bits per heavy atom. The highest BCUT2D eigenvalue weighted by Gasteiger charge is 2.18. The largest absolute Gasteiger partial charge is 0.370 e. The Kier molecular flexibility index (Phi) is 4.65. The lowest BCUT2D eigenvalue weighted by atomic mass is 10.1. The van der Waals surface area contributed by atoms with Gasteiger partial charge in [-0.3, -0.25) is 0 Å². The molecular weight excluding hydrogens is 220 g/mol. The Morgan fingerprint density at radius 1 is 1.33 bits per heavy atom. The summed E-state index contributed by atoms with van der Waals surface area (Å²) >= 11 is 0. The van der Waals surface area contributed by atoms with Gasteiger partial charge in [0.25, 0.3) is 0 Å². The summed E-state index contributed by atoms with van der Waals surface area (Å²) in [6.45, 7) is 10.2. The van der Waals surface area contributed by atoms with Gasteiger partial charge in [0, 0.05) is 24.8 Å². The van der Waals surface area contributed by atoms with Gasteiger partial charge in [0.1, 0.15) is 0 Å². The minimum absolute atomic E-state index is 0.651. The number of aryl methyl sites for hydroxylation is 2. The summed E-state index contributed by atoms with van der Waals surface area (Å²) in [7, 11) is 0. The first-order chi connectivity index (χ1) is 8.70. The highest BCUT2D eigenvalue weighted by atomic mass is 15.2. The fraction of sp³-hybridized carbons (Fsp3) is 0.625. The molecule has 1 N–H and O–H groups in total. The summed E-state index contributed by atoms with van der Waals surface area (Å²) in [4.78, 5) is 2.56. The molecule has 1 fully saturated rings. The molecular formula is C16H26N2. The standard InChI is InChI=1S/C16H26N2/c1-4-6-15-12-18(10-5-9-17-15)16-8-7-13(2)11-14(16)3/h7-8,11,15,17H,4-6,9-10,12H2,1-3H3. The number of nitrogens with one attached hydrogen (secondary N) is 1. The zero-order valence-corrected chi connectivity index (χ0v) is 12.0. The Morgan fingerprint density at radius 3 is 2.89 bits per heavy atom. The van der Waals surface area contributed by atoms with E-state index in [1.54, 1.807) is 0 Å². The molecule has 1 aromatic carbocycles. The maximum absolute atomic E-state index is 3.67. The van der Waals surface area contributed by atoms with Gasteiger partial charge in [0.2, 0.25) is 0 Å². The van der Waals surface area contributed by atoms with E-state index in [0.29, 0.717) is 6.04 Å². The minimum atomic E-state index is 0.651. The van der Waals surface area contributed by atoms with Gasteiger partial charge in [-0.1, -0.05) is 31.0 Å². The SMILES string of the molecule is CCCC1CN(c2ccc(C)cc2C)CCCN1. The number of hydrogen-bond donors (Lipinski definition) is 1. The van der Waals surface area contributed by atoms with Crippen LogP contribution in [-0.4, -0.2) is 25.7 Å². The van der Waals surface area contributed by atoms with Crippen molar-refractivity contribution in [2.75, 3.05) is 24.5 Å². The highest BCUT2D eigenvalue weighted by Crippen LogP contribution is 2.23. The molecule has 1 aliphatic rings. The highest BCUT2D eigenvalue weighted by molar-refractivity contribution is 5.54. The summed E-state index contributed by atoms with van der Waals surface area (Å²) in [5.74, 6) is 0. The van der Waals surface area contributed by atoms with E-state index in [2.05, 4.69) is 49.2 Å². The van der Waals surface area contributed by atoms with Crippen LogP contribution in [0.3, 0.4) is 0 Å². The van der Waals surface area contributed by atoms with Crippen LogP contribution < -0.4 is 10.2 Å². The number of anilines is 1. The van der Waals surface area contributed by atoms with Crippen LogP contribution in [0.25, 0.3) is 0 Å². The second kappa shape index (κ2) is 6.24. The zero-order chi connectivity index (χ0) is 13.0. The van der Waals surface area contributed by atoms with E-state index in [9.17, 15) is 0 Å². The van der Waals surface area contributed by atoms with Crippen molar-refractivity contribution in [2.45, 2.75) is 46.1 Å². The van der Waals surface area contributed by atoms with E-state index in [1.807, 2.05) is 0 Å². The molecule has 100 valence electrons. The van der Waals surface area contributed by atoms with Crippen molar-refractivity contribution in [3.8, 4) is 0 Å². The normalized spacial score (nSPS) is 20.8. The minimum Gasteiger partial charge on any atom is -0.370 e. The molecule has 0 spiro atoms. The number of nitrogens with zero attached hydrogens (tertiary/aromatic N) is 1. The van der Waals surface area contributed by atoms with Gasteiger partial charge in [-0.05, 0) is 44.9 Å². The molecule has 1 aromatic rings. The molecule has 0 bridgehead atoms. The lowest BCUT2D eigenvalue weighted by Crippen LogP contribution is -2.37. The Balaban J connectivity index is 2.14. The monoisotopic (exact) mass is 246 g/mol. The molecule has 2 heteroatoms. The van der Waals surface area contributed by atoms with E-state index < -0.39 is 0 Å². The molecule has 0 saturated carbocycles. The van der Waals surface area contributed by atoms with E-state index in [1.165, 1.54) is 42.6 Å². The summed E-state index contributed by atoms with van der Waals surface area (Å²) in [6.07, 6.45) is 3.79. The van der Waals surface area contributed by atoms with Crippen LogP contribution in [0, 0.1) is 13.8 Å². The third-order valence-electron chi connectivity index (χ3n) is 3.81. The quantitative estimate of drug-likeness (QED) is 0.880. The van der Waals surface area contributed by atoms with Gasteiger partial charge in [0.05, 0.1) is 0 Å². The van der Waals surface area contributed by atoms with Gasteiger partial charge in [-0.15, -0.1) is 0 Å². The molecule has 18 heavy (non-hydrogen) atoms. The second-order valence-electron chi connectivity index (χ2n) is 5.53. The first kappa shape index (κ1) is 13.4. The lowest BCUT2D eigenvalue weighted by molar-refractivity contribution is 0.502. The van der Waals surface area contributed by atoms with Crippen molar-refractivity contribution in [3.63, 3.8) is 0 Å². The van der Waals surface area contributed by atoms with Crippen LogP contribution in [0.4, 0.5) is 5.69 Å². The third kappa shape index (κ3) is 3.26. The maximum atomic E-state index is 3.67. The topological polar surface area (TPSA) is 15.3 Å². The summed E-state index contributed by atoms with van der Waals surface area (Å²) in [5.41, 5.74) is 4.19. The number of benzene rings is 1. The number of rotatable bonds is 3. The van der Waals surface area contributed by atoms with Gasteiger partial charge >= 0.3 is 0 Å². The van der Waals surface area contributed by atoms with E-state index in [0.717, 1.165) is 13.1 Å².